The number of fused-ring (bicyclic) bond motifs is 7. The van der Waals surface area contributed by atoms with E-state index < -0.39 is 0 Å². The molecule has 0 saturated carbocycles. The number of allylic oxidation sites excluding steroid dienone is 6. The van der Waals surface area contributed by atoms with Crippen molar-refractivity contribution in [2.45, 2.75) is 18.0 Å². The number of nitrogens with one attached hydrogen (secondary N) is 1. The molecule has 0 fully saturated rings. The summed E-state index contributed by atoms with van der Waals surface area (Å²) in [6, 6.07) is 31.2. The van der Waals surface area contributed by atoms with Crippen molar-refractivity contribution in [2.24, 2.45) is 11.8 Å². The smallest absolute Gasteiger partial charge is 0.134 e. The fraction of sp³-hybridized carbons (Fsp3) is 0.189. The molecular formula is C37H33N3S. The predicted octanol–water partition coefficient (Wildman–Crippen LogP) is 8.26. The van der Waals surface area contributed by atoms with Crippen molar-refractivity contribution < 1.29 is 0 Å². The van der Waals surface area contributed by atoms with Crippen molar-refractivity contribution in [3.05, 3.63) is 156 Å². The third-order valence-electron chi connectivity index (χ3n) is 9.21. The first-order valence-electron chi connectivity index (χ1n) is 14.6. The summed E-state index contributed by atoms with van der Waals surface area (Å²) in [5.41, 5.74) is 5.20. The van der Waals surface area contributed by atoms with E-state index in [1.54, 1.807) is 0 Å². The second-order valence-corrected chi connectivity index (χ2v) is 12.4. The molecule has 2 aliphatic carbocycles. The molecule has 1 aromatic heterocycles. The summed E-state index contributed by atoms with van der Waals surface area (Å²) in [7, 11) is 2.29. The molecule has 202 valence electrons. The fourth-order valence-electron chi connectivity index (χ4n) is 7.32. The lowest BCUT2D eigenvalue weighted by molar-refractivity contribution is 0.272. The molecule has 8 rings (SSSR count). The quantitative estimate of drug-likeness (QED) is 0.277. The Morgan fingerprint density at radius 1 is 0.732 bits per heavy atom. The second-order valence-electron chi connectivity index (χ2n) is 11.4. The van der Waals surface area contributed by atoms with Gasteiger partial charge in [0.25, 0.3) is 0 Å². The molecule has 4 unspecified atom stereocenters. The van der Waals surface area contributed by atoms with Crippen molar-refractivity contribution >= 4 is 32.1 Å². The summed E-state index contributed by atoms with van der Waals surface area (Å²) in [6.45, 7) is 0.849. The van der Waals surface area contributed by atoms with Crippen molar-refractivity contribution in [3.8, 4) is 0 Å². The summed E-state index contributed by atoms with van der Waals surface area (Å²) in [5, 5.41) is 6.68. The topological polar surface area (TPSA) is 18.5 Å². The molecule has 0 bridgehead atoms. The molecule has 1 N–H and O–H groups in total. The lowest BCUT2D eigenvalue weighted by Crippen LogP contribution is -2.50. The third kappa shape index (κ3) is 3.93. The van der Waals surface area contributed by atoms with Crippen molar-refractivity contribution in [2.75, 3.05) is 18.5 Å². The number of hydrogen-bond acceptors (Lipinski definition) is 4. The van der Waals surface area contributed by atoms with Gasteiger partial charge in [-0.05, 0) is 22.9 Å². The number of thiophene rings is 1. The van der Waals surface area contributed by atoms with Gasteiger partial charge in [-0.15, -0.1) is 11.3 Å². The third-order valence-corrected chi connectivity index (χ3v) is 10.4. The van der Waals surface area contributed by atoms with Crippen LogP contribution < -0.4 is 10.2 Å². The second kappa shape index (κ2) is 9.97. The van der Waals surface area contributed by atoms with E-state index >= 15 is 0 Å². The van der Waals surface area contributed by atoms with Gasteiger partial charge in [0.1, 0.15) is 10.8 Å². The molecule has 4 aromatic rings. The molecule has 0 radical (unpaired) electrons. The lowest BCUT2D eigenvalue weighted by Gasteiger charge is -2.47. The van der Waals surface area contributed by atoms with Gasteiger partial charge in [0.2, 0.25) is 0 Å². The van der Waals surface area contributed by atoms with E-state index in [0.717, 1.165) is 6.54 Å². The van der Waals surface area contributed by atoms with Gasteiger partial charge in [-0.1, -0.05) is 127 Å². The zero-order chi connectivity index (χ0) is 27.3. The largest absolute Gasteiger partial charge is 0.379 e. The Kier molecular flexibility index (Phi) is 5.96. The number of likely N-dealkylation sites (N-methyl/N-ethyl adjacent to an activating group) is 1. The first-order valence-corrected chi connectivity index (χ1v) is 15.4. The Hall–Kier alpha value is -4.28. The highest BCUT2D eigenvalue weighted by atomic mass is 32.1. The molecule has 0 spiro atoms. The average Bonchev–Trinajstić information content (AvgIpc) is 3.37. The maximum absolute atomic E-state index is 3.94. The van der Waals surface area contributed by atoms with E-state index in [0.29, 0.717) is 17.8 Å². The van der Waals surface area contributed by atoms with Crippen LogP contribution in [0, 0.1) is 11.8 Å². The van der Waals surface area contributed by atoms with E-state index in [-0.39, 0.29) is 12.1 Å². The van der Waals surface area contributed by atoms with Gasteiger partial charge in [-0.3, -0.25) is 0 Å². The maximum Gasteiger partial charge on any atom is 0.134 e. The van der Waals surface area contributed by atoms with Crippen LogP contribution in [-0.4, -0.2) is 24.5 Å². The van der Waals surface area contributed by atoms with E-state index in [1.807, 2.05) is 11.3 Å². The Balaban J connectivity index is 1.42. The standard InChI is InChI=1S/C37H33N3S/c1-39-32(25-14-4-2-5-15-25)24-38-35(26-16-6-3-7-17-26)36(39)40-31-22-12-10-19-28(31)27-18-8-9-20-29(27)34-30-21-11-13-23-33(30)41-37(34)40/h2-23,27-29,31-32,38H,24H2,1H3/t27?,28-,29?,31?,32?/m1/s1. The highest BCUT2D eigenvalue weighted by Gasteiger charge is 2.45. The Morgan fingerprint density at radius 2 is 1.41 bits per heavy atom. The van der Waals surface area contributed by atoms with Crippen molar-refractivity contribution in [1.82, 2.24) is 10.2 Å². The minimum Gasteiger partial charge on any atom is -0.379 e. The molecule has 4 aliphatic rings. The number of nitrogens with zero attached hydrogens (tertiary/aromatic N) is 2. The molecule has 3 aromatic carbocycles. The van der Waals surface area contributed by atoms with Crippen molar-refractivity contribution in [3.63, 3.8) is 0 Å². The minimum atomic E-state index is 0.186. The Bertz CT molecular complexity index is 1740. The SMILES string of the molecule is CN1C(N2c3sc4ccccc4c3C3C=CC=CC3[C@H]3C=CC=CC32)=C(c2ccccc2)NCC1c1ccccc1. The zero-order valence-corrected chi connectivity index (χ0v) is 23.9. The minimum absolute atomic E-state index is 0.186. The molecule has 0 saturated heterocycles. The van der Waals surface area contributed by atoms with Crippen LogP contribution in [0.3, 0.4) is 0 Å². The van der Waals surface area contributed by atoms with Crippen LogP contribution in [0.1, 0.15) is 28.7 Å². The molecule has 41 heavy (non-hydrogen) atoms. The first kappa shape index (κ1) is 24.5. The average molecular weight is 552 g/mol. The predicted molar refractivity (Wildman–Crippen MR) is 173 cm³/mol. The molecule has 3 heterocycles. The molecule has 3 nitrogen and oxygen atoms in total. The maximum atomic E-state index is 3.94. The summed E-state index contributed by atoms with van der Waals surface area (Å²) < 4.78 is 1.35. The van der Waals surface area contributed by atoms with Crippen LogP contribution in [-0.2, 0) is 0 Å². The van der Waals surface area contributed by atoms with Gasteiger partial charge in [0.15, 0.2) is 0 Å². The van der Waals surface area contributed by atoms with Gasteiger partial charge in [-0.2, -0.15) is 0 Å². The van der Waals surface area contributed by atoms with Gasteiger partial charge < -0.3 is 15.1 Å². The highest BCUT2D eigenvalue weighted by molar-refractivity contribution is 7.23. The van der Waals surface area contributed by atoms with Crippen LogP contribution in [0.2, 0.25) is 0 Å². The molecule has 4 heteroatoms. The fourth-order valence-corrected chi connectivity index (χ4v) is 8.62. The summed E-state index contributed by atoms with van der Waals surface area (Å²) in [5.74, 6) is 2.30. The van der Waals surface area contributed by atoms with Gasteiger partial charge in [0, 0.05) is 41.3 Å². The van der Waals surface area contributed by atoms with Crippen LogP contribution >= 0.6 is 11.3 Å². The number of hydrogen-bond donors (Lipinski definition) is 1. The van der Waals surface area contributed by atoms with Crippen molar-refractivity contribution in [1.29, 1.82) is 0 Å². The normalized spacial score (nSPS) is 26.4. The summed E-state index contributed by atoms with van der Waals surface area (Å²) in [6.07, 6.45) is 18.8. The summed E-state index contributed by atoms with van der Waals surface area (Å²) in [4.78, 5) is 5.22. The highest BCUT2D eigenvalue weighted by Crippen LogP contribution is 2.55. The molecule has 0 amide bonds. The van der Waals surface area contributed by atoms with E-state index in [4.69, 9.17) is 0 Å². The van der Waals surface area contributed by atoms with E-state index in [1.165, 1.54) is 43.3 Å². The molecular weight excluding hydrogens is 518 g/mol. The van der Waals surface area contributed by atoms with E-state index in [2.05, 4.69) is 156 Å². The van der Waals surface area contributed by atoms with Crippen LogP contribution in [0.4, 0.5) is 5.00 Å². The zero-order valence-electron chi connectivity index (χ0n) is 23.1. The number of rotatable bonds is 3. The first-order chi connectivity index (χ1) is 20.3. The molecule has 2 aliphatic heterocycles. The van der Waals surface area contributed by atoms with Crippen LogP contribution in [0.25, 0.3) is 15.8 Å². The monoisotopic (exact) mass is 551 g/mol. The molecule has 5 atom stereocenters. The number of benzene rings is 3. The Labute approximate surface area is 246 Å². The van der Waals surface area contributed by atoms with Crippen LogP contribution in [0.5, 0.6) is 0 Å². The lowest BCUT2D eigenvalue weighted by atomic mass is 9.73. The summed E-state index contributed by atoms with van der Waals surface area (Å²) >= 11 is 1.94. The van der Waals surface area contributed by atoms with E-state index in [9.17, 15) is 0 Å². The Morgan fingerprint density at radius 3 is 2.24 bits per heavy atom. The van der Waals surface area contributed by atoms with Gasteiger partial charge in [0.05, 0.1) is 17.8 Å². The number of anilines is 1. The van der Waals surface area contributed by atoms with Crippen LogP contribution in [0.15, 0.2) is 139 Å². The van der Waals surface area contributed by atoms with Gasteiger partial charge in [-0.25, -0.2) is 0 Å². The van der Waals surface area contributed by atoms with Gasteiger partial charge >= 0.3 is 0 Å².